The van der Waals surface area contributed by atoms with Crippen LogP contribution in [-0.4, -0.2) is 20.7 Å². The van der Waals surface area contributed by atoms with Crippen molar-refractivity contribution in [2.45, 2.75) is 12.5 Å². The smallest absolute Gasteiger partial charge is 0.142 e. The normalized spacial score (nSPS) is 12.0. The van der Waals surface area contributed by atoms with Gasteiger partial charge in [0.25, 0.3) is 0 Å². The molecular formula is C17H21FN2O. The molecular weight excluding hydrogens is 267 g/mol. The fraction of sp³-hybridized carbons (Fsp3) is 0.294. The summed E-state index contributed by atoms with van der Waals surface area (Å²) in [4.78, 5) is 2.11. The molecule has 4 heteroatoms. The minimum atomic E-state index is -0.239. The van der Waals surface area contributed by atoms with Gasteiger partial charge < -0.3 is 15.4 Å². The SMILES string of the molecule is COc1ccccc1N(C)CCC(N)c1ccc(F)cc1. The third-order valence-electron chi connectivity index (χ3n) is 3.57. The highest BCUT2D eigenvalue weighted by atomic mass is 19.1. The van der Waals surface area contributed by atoms with Crippen molar-refractivity contribution in [3.05, 3.63) is 59.9 Å². The van der Waals surface area contributed by atoms with E-state index < -0.39 is 0 Å². The van der Waals surface area contributed by atoms with E-state index in [4.69, 9.17) is 10.5 Å². The van der Waals surface area contributed by atoms with Crippen molar-refractivity contribution in [1.29, 1.82) is 0 Å². The first-order chi connectivity index (χ1) is 10.1. The molecule has 112 valence electrons. The number of hydrogen-bond acceptors (Lipinski definition) is 3. The highest BCUT2D eigenvalue weighted by Crippen LogP contribution is 2.27. The quantitative estimate of drug-likeness (QED) is 0.886. The van der Waals surface area contributed by atoms with Crippen molar-refractivity contribution in [2.24, 2.45) is 5.73 Å². The molecule has 2 aromatic carbocycles. The molecule has 0 saturated heterocycles. The molecule has 1 atom stereocenters. The molecule has 0 amide bonds. The number of benzene rings is 2. The van der Waals surface area contributed by atoms with Gasteiger partial charge >= 0.3 is 0 Å². The van der Waals surface area contributed by atoms with Crippen LogP contribution in [-0.2, 0) is 0 Å². The number of halogens is 1. The maximum Gasteiger partial charge on any atom is 0.142 e. The summed E-state index contributed by atoms with van der Waals surface area (Å²) in [6, 6.07) is 14.1. The Kier molecular flexibility index (Phi) is 5.17. The summed E-state index contributed by atoms with van der Waals surface area (Å²) in [5.41, 5.74) is 8.14. The Balaban J connectivity index is 1.97. The third-order valence-corrected chi connectivity index (χ3v) is 3.57. The highest BCUT2D eigenvalue weighted by Gasteiger charge is 2.11. The second-order valence-corrected chi connectivity index (χ2v) is 5.04. The van der Waals surface area contributed by atoms with Gasteiger partial charge in [-0.3, -0.25) is 0 Å². The van der Waals surface area contributed by atoms with Crippen molar-refractivity contribution in [2.75, 3.05) is 25.6 Å². The Bertz CT molecular complexity index is 571. The molecule has 0 radical (unpaired) electrons. The highest BCUT2D eigenvalue weighted by molar-refractivity contribution is 5.57. The topological polar surface area (TPSA) is 38.5 Å². The molecule has 0 aromatic heterocycles. The molecule has 0 bridgehead atoms. The molecule has 21 heavy (non-hydrogen) atoms. The summed E-state index contributed by atoms with van der Waals surface area (Å²) < 4.78 is 18.3. The molecule has 0 spiro atoms. The van der Waals surface area contributed by atoms with Crippen LogP contribution in [0.2, 0.25) is 0 Å². The second kappa shape index (κ2) is 7.09. The van der Waals surface area contributed by atoms with Crippen molar-refractivity contribution < 1.29 is 9.13 Å². The molecule has 0 aliphatic carbocycles. The van der Waals surface area contributed by atoms with E-state index in [0.29, 0.717) is 0 Å². The van der Waals surface area contributed by atoms with Crippen LogP contribution in [0.15, 0.2) is 48.5 Å². The first-order valence-corrected chi connectivity index (χ1v) is 6.97. The largest absolute Gasteiger partial charge is 0.495 e. The molecule has 0 aliphatic rings. The fourth-order valence-electron chi connectivity index (χ4n) is 2.27. The molecule has 0 fully saturated rings. The van der Waals surface area contributed by atoms with E-state index in [1.54, 1.807) is 19.2 Å². The average Bonchev–Trinajstić information content (AvgIpc) is 2.52. The summed E-state index contributed by atoms with van der Waals surface area (Å²) in [5.74, 6) is 0.604. The van der Waals surface area contributed by atoms with Gasteiger partial charge in [0.2, 0.25) is 0 Å². The lowest BCUT2D eigenvalue weighted by molar-refractivity contribution is 0.414. The number of ether oxygens (including phenoxy) is 1. The van der Waals surface area contributed by atoms with Gasteiger partial charge in [0.1, 0.15) is 11.6 Å². The van der Waals surface area contributed by atoms with Gasteiger partial charge in [-0.15, -0.1) is 0 Å². The number of anilines is 1. The van der Waals surface area contributed by atoms with Crippen LogP contribution in [0.3, 0.4) is 0 Å². The van der Waals surface area contributed by atoms with Crippen LogP contribution in [0.25, 0.3) is 0 Å². The van der Waals surface area contributed by atoms with Crippen LogP contribution in [0.1, 0.15) is 18.0 Å². The second-order valence-electron chi connectivity index (χ2n) is 5.04. The number of hydrogen-bond donors (Lipinski definition) is 1. The van der Waals surface area contributed by atoms with Crippen molar-refractivity contribution in [3.63, 3.8) is 0 Å². The maximum atomic E-state index is 12.9. The molecule has 0 aliphatic heterocycles. The summed E-state index contributed by atoms with van der Waals surface area (Å²) in [6.45, 7) is 0.791. The minimum absolute atomic E-state index is 0.109. The lowest BCUT2D eigenvalue weighted by Gasteiger charge is -2.23. The van der Waals surface area contributed by atoms with Gasteiger partial charge in [-0.25, -0.2) is 4.39 Å². The van der Waals surface area contributed by atoms with Gasteiger partial charge in [0, 0.05) is 19.6 Å². The van der Waals surface area contributed by atoms with Gasteiger partial charge in [-0.1, -0.05) is 24.3 Å². The van der Waals surface area contributed by atoms with Crippen LogP contribution < -0.4 is 15.4 Å². The Morgan fingerprint density at radius 2 is 1.81 bits per heavy atom. The number of methoxy groups -OCH3 is 1. The van der Waals surface area contributed by atoms with E-state index in [-0.39, 0.29) is 11.9 Å². The van der Waals surface area contributed by atoms with E-state index in [1.165, 1.54) is 12.1 Å². The van der Waals surface area contributed by atoms with Crippen LogP contribution in [0.4, 0.5) is 10.1 Å². The molecule has 0 saturated carbocycles. The molecule has 2 rings (SSSR count). The lowest BCUT2D eigenvalue weighted by atomic mass is 10.0. The zero-order valence-electron chi connectivity index (χ0n) is 12.4. The van der Waals surface area contributed by atoms with E-state index >= 15 is 0 Å². The lowest BCUT2D eigenvalue weighted by Crippen LogP contribution is -2.23. The van der Waals surface area contributed by atoms with Gasteiger partial charge in [0.05, 0.1) is 12.8 Å². The Morgan fingerprint density at radius 3 is 2.48 bits per heavy atom. The number of nitrogens with zero attached hydrogens (tertiary/aromatic N) is 1. The Morgan fingerprint density at radius 1 is 1.14 bits per heavy atom. The van der Waals surface area contributed by atoms with Gasteiger partial charge in [-0.05, 0) is 36.2 Å². The molecule has 2 aromatic rings. The van der Waals surface area contributed by atoms with E-state index in [1.807, 2.05) is 31.3 Å². The molecule has 3 nitrogen and oxygen atoms in total. The van der Waals surface area contributed by atoms with Crippen LogP contribution >= 0.6 is 0 Å². The molecule has 2 N–H and O–H groups in total. The fourth-order valence-corrected chi connectivity index (χ4v) is 2.27. The predicted octanol–water partition coefficient (Wildman–Crippen LogP) is 3.36. The maximum absolute atomic E-state index is 12.9. The van der Waals surface area contributed by atoms with Gasteiger partial charge in [0.15, 0.2) is 0 Å². The summed E-state index contributed by atoms with van der Waals surface area (Å²) in [5, 5.41) is 0. The summed E-state index contributed by atoms with van der Waals surface area (Å²) in [6.07, 6.45) is 0.778. The average molecular weight is 288 g/mol. The van der Waals surface area contributed by atoms with Crippen molar-refractivity contribution in [1.82, 2.24) is 0 Å². The van der Waals surface area contributed by atoms with Crippen molar-refractivity contribution >= 4 is 5.69 Å². The van der Waals surface area contributed by atoms with E-state index in [2.05, 4.69) is 4.90 Å². The minimum Gasteiger partial charge on any atom is -0.495 e. The van der Waals surface area contributed by atoms with E-state index in [0.717, 1.165) is 30.0 Å². The number of rotatable bonds is 6. The molecule has 0 heterocycles. The first-order valence-electron chi connectivity index (χ1n) is 6.97. The number of nitrogens with two attached hydrogens (primary N) is 1. The van der Waals surface area contributed by atoms with Crippen molar-refractivity contribution in [3.8, 4) is 5.75 Å². The third kappa shape index (κ3) is 3.95. The predicted molar refractivity (Wildman–Crippen MR) is 84.2 cm³/mol. The van der Waals surface area contributed by atoms with Gasteiger partial charge in [-0.2, -0.15) is 0 Å². The summed E-state index contributed by atoms with van der Waals surface area (Å²) >= 11 is 0. The zero-order chi connectivity index (χ0) is 15.2. The van der Waals surface area contributed by atoms with Crippen LogP contribution in [0.5, 0.6) is 5.75 Å². The standard InChI is InChI=1S/C17H21FN2O/c1-20(16-5-3-4-6-17(16)21-2)12-11-15(19)13-7-9-14(18)10-8-13/h3-10,15H,11-12,19H2,1-2H3. The zero-order valence-corrected chi connectivity index (χ0v) is 12.4. The monoisotopic (exact) mass is 288 g/mol. The molecule has 1 unspecified atom stereocenters. The summed E-state index contributed by atoms with van der Waals surface area (Å²) in [7, 11) is 3.67. The van der Waals surface area contributed by atoms with Crippen LogP contribution in [0, 0.1) is 5.82 Å². The Labute approximate surface area is 125 Å². The number of para-hydroxylation sites is 2. The van der Waals surface area contributed by atoms with E-state index in [9.17, 15) is 4.39 Å². The Hall–Kier alpha value is -2.07. The first kappa shape index (κ1) is 15.3.